The summed E-state index contributed by atoms with van der Waals surface area (Å²) < 4.78 is 5.51. The monoisotopic (exact) mass is 326 g/mol. The predicted octanol–water partition coefficient (Wildman–Crippen LogP) is 2.30. The highest BCUT2D eigenvalue weighted by Crippen LogP contribution is 2.13. The van der Waals surface area contributed by atoms with Crippen molar-refractivity contribution in [3.05, 3.63) is 29.8 Å². The van der Waals surface area contributed by atoms with Gasteiger partial charge in [-0.2, -0.15) is 11.8 Å². The van der Waals surface area contributed by atoms with Gasteiger partial charge >= 0.3 is 0 Å². The van der Waals surface area contributed by atoms with Gasteiger partial charge < -0.3 is 15.4 Å². The Hall–Kier alpha value is -1.27. The van der Waals surface area contributed by atoms with Crippen LogP contribution >= 0.6 is 24.0 Å². The van der Waals surface area contributed by atoms with Crippen LogP contribution in [-0.2, 0) is 4.79 Å². The van der Waals surface area contributed by atoms with Gasteiger partial charge in [-0.15, -0.1) is 0 Å². The van der Waals surface area contributed by atoms with E-state index in [1.54, 1.807) is 40.9 Å². The molecule has 1 amide bonds. The first-order valence-electron chi connectivity index (χ1n) is 6.76. The summed E-state index contributed by atoms with van der Waals surface area (Å²) in [4.78, 5) is 14.2. The van der Waals surface area contributed by atoms with E-state index >= 15 is 0 Å². The summed E-state index contributed by atoms with van der Waals surface area (Å²) in [6.07, 6.45) is 2.98. The van der Waals surface area contributed by atoms with Gasteiger partial charge in [-0.05, 0) is 36.9 Å². The number of benzene rings is 1. The Morgan fingerprint density at radius 2 is 2.05 bits per heavy atom. The van der Waals surface area contributed by atoms with Crippen LogP contribution in [0.15, 0.2) is 24.3 Å². The number of nitrogens with two attached hydrogens (primary N) is 1. The first-order valence-corrected chi connectivity index (χ1v) is 8.57. The minimum atomic E-state index is -0.0191. The Labute approximate surface area is 136 Å². The van der Waals surface area contributed by atoms with Crippen LogP contribution in [0.5, 0.6) is 5.75 Å². The lowest BCUT2D eigenvalue weighted by atomic mass is 10.2. The number of carbonyl (C=O) groups excluding carboxylic acids is 1. The predicted molar refractivity (Wildman–Crippen MR) is 93.1 cm³/mol. The normalized spacial score (nSPS) is 11.8. The highest BCUT2D eigenvalue weighted by atomic mass is 32.2. The van der Waals surface area contributed by atoms with Gasteiger partial charge in [0.2, 0.25) is 0 Å². The van der Waals surface area contributed by atoms with Crippen molar-refractivity contribution in [2.75, 3.05) is 25.7 Å². The Bertz CT molecular complexity index is 477. The standard InChI is InChI=1S/C15H22N2O2S2/c1-4-12(10-21-3)17(2)14(18)9-19-13-7-5-11(6-8-13)15(16)20/h5-8,12H,4,9-10H2,1-3H3,(H2,16,20). The number of ether oxygens (including phenoxy) is 1. The maximum atomic E-state index is 12.1. The molecule has 0 saturated heterocycles. The maximum Gasteiger partial charge on any atom is 0.260 e. The van der Waals surface area contributed by atoms with Crippen LogP contribution in [0.3, 0.4) is 0 Å². The van der Waals surface area contributed by atoms with E-state index in [9.17, 15) is 4.79 Å². The van der Waals surface area contributed by atoms with Crippen molar-refractivity contribution in [1.82, 2.24) is 4.90 Å². The molecule has 116 valence electrons. The van der Waals surface area contributed by atoms with Crippen molar-refractivity contribution < 1.29 is 9.53 Å². The van der Waals surface area contributed by atoms with Crippen molar-refractivity contribution in [3.63, 3.8) is 0 Å². The second kappa shape index (κ2) is 8.89. The lowest BCUT2D eigenvalue weighted by Crippen LogP contribution is -2.40. The number of nitrogens with zero attached hydrogens (tertiary/aromatic N) is 1. The molecule has 0 aliphatic heterocycles. The summed E-state index contributed by atoms with van der Waals surface area (Å²) in [7, 11) is 1.83. The number of amides is 1. The summed E-state index contributed by atoms with van der Waals surface area (Å²) in [6.45, 7) is 2.12. The topological polar surface area (TPSA) is 55.6 Å². The minimum absolute atomic E-state index is 0.0191. The maximum absolute atomic E-state index is 12.1. The van der Waals surface area contributed by atoms with Gasteiger partial charge in [-0.25, -0.2) is 0 Å². The summed E-state index contributed by atoms with van der Waals surface area (Å²) in [5.74, 6) is 1.55. The minimum Gasteiger partial charge on any atom is -0.484 e. The molecule has 0 bridgehead atoms. The SMILES string of the molecule is CCC(CSC)N(C)C(=O)COc1ccc(C(N)=S)cc1. The largest absolute Gasteiger partial charge is 0.484 e. The van der Waals surface area contributed by atoms with Gasteiger partial charge in [0.05, 0.1) is 0 Å². The smallest absolute Gasteiger partial charge is 0.260 e. The van der Waals surface area contributed by atoms with Crippen LogP contribution in [0.4, 0.5) is 0 Å². The molecule has 6 heteroatoms. The van der Waals surface area contributed by atoms with Gasteiger partial charge in [-0.1, -0.05) is 19.1 Å². The lowest BCUT2D eigenvalue weighted by molar-refractivity contribution is -0.133. The summed E-state index contributed by atoms with van der Waals surface area (Å²) in [6, 6.07) is 7.35. The van der Waals surface area contributed by atoms with Crippen molar-refractivity contribution >= 4 is 34.9 Å². The number of hydrogen-bond acceptors (Lipinski definition) is 4. The van der Waals surface area contributed by atoms with Gasteiger partial charge in [0.25, 0.3) is 5.91 Å². The molecule has 1 unspecified atom stereocenters. The van der Waals surface area contributed by atoms with E-state index in [2.05, 4.69) is 6.92 Å². The van der Waals surface area contributed by atoms with E-state index < -0.39 is 0 Å². The fourth-order valence-corrected chi connectivity index (χ4v) is 2.84. The molecule has 0 aliphatic carbocycles. The van der Waals surface area contributed by atoms with E-state index in [4.69, 9.17) is 22.7 Å². The second-order valence-corrected chi connectivity index (χ2v) is 6.05. The van der Waals surface area contributed by atoms with E-state index in [0.717, 1.165) is 17.7 Å². The third kappa shape index (κ3) is 5.55. The van der Waals surface area contributed by atoms with Gasteiger partial charge in [0.15, 0.2) is 6.61 Å². The van der Waals surface area contributed by atoms with E-state index in [1.165, 1.54) is 0 Å². The fourth-order valence-electron chi connectivity index (χ4n) is 1.86. The molecule has 0 heterocycles. The molecular formula is C15H22N2O2S2. The zero-order valence-electron chi connectivity index (χ0n) is 12.7. The molecule has 1 rings (SSSR count). The molecule has 0 spiro atoms. The first kappa shape index (κ1) is 17.8. The molecule has 0 radical (unpaired) electrons. The van der Waals surface area contributed by atoms with Gasteiger partial charge in [0.1, 0.15) is 10.7 Å². The summed E-state index contributed by atoms with van der Waals surface area (Å²) in [5, 5.41) is 0. The first-order chi connectivity index (χ1) is 9.99. The van der Waals surface area contributed by atoms with Gasteiger partial charge in [-0.3, -0.25) is 4.79 Å². The average Bonchev–Trinajstić information content (AvgIpc) is 2.49. The Morgan fingerprint density at radius 1 is 1.43 bits per heavy atom. The Kier molecular flexibility index (Phi) is 7.53. The van der Waals surface area contributed by atoms with Gasteiger partial charge in [0, 0.05) is 24.4 Å². The van der Waals surface area contributed by atoms with Crippen LogP contribution in [0.1, 0.15) is 18.9 Å². The second-order valence-electron chi connectivity index (χ2n) is 4.70. The average molecular weight is 326 g/mol. The molecule has 1 atom stereocenters. The van der Waals surface area contributed by atoms with E-state index in [1.807, 2.05) is 13.3 Å². The molecule has 1 aromatic carbocycles. The van der Waals surface area contributed by atoms with Crippen molar-refractivity contribution in [3.8, 4) is 5.75 Å². The van der Waals surface area contributed by atoms with Crippen LogP contribution in [0.2, 0.25) is 0 Å². The number of thiocarbonyl (C=S) groups is 1. The number of likely N-dealkylation sites (N-methyl/N-ethyl adjacent to an activating group) is 1. The molecule has 4 nitrogen and oxygen atoms in total. The Balaban J connectivity index is 2.53. The van der Waals surface area contributed by atoms with Crippen LogP contribution < -0.4 is 10.5 Å². The number of thioether (sulfide) groups is 1. The van der Waals surface area contributed by atoms with Crippen molar-refractivity contribution in [2.24, 2.45) is 5.73 Å². The number of rotatable bonds is 8. The number of hydrogen-bond donors (Lipinski definition) is 1. The Morgan fingerprint density at radius 3 is 2.52 bits per heavy atom. The highest BCUT2D eigenvalue weighted by molar-refractivity contribution is 7.98. The van der Waals surface area contributed by atoms with Crippen molar-refractivity contribution in [2.45, 2.75) is 19.4 Å². The summed E-state index contributed by atoms with van der Waals surface area (Å²) >= 11 is 6.63. The van der Waals surface area contributed by atoms with E-state index in [0.29, 0.717) is 10.7 Å². The number of carbonyl (C=O) groups is 1. The zero-order chi connectivity index (χ0) is 15.8. The molecule has 21 heavy (non-hydrogen) atoms. The third-order valence-electron chi connectivity index (χ3n) is 3.27. The molecular weight excluding hydrogens is 304 g/mol. The van der Waals surface area contributed by atoms with E-state index in [-0.39, 0.29) is 18.6 Å². The van der Waals surface area contributed by atoms with Crippen molar-refractivity contribution in [1.29, 1.82) is 0 Å². The highest BCUT2D eigenvalue weighted by Gasteiger charge is 2.18. The summed E-state index contributed by atoms with van der Waals surface area (Å²) in [5.41, 5.74) is 6.31. The zero-order valence-corrected chi connectivity index (χ0v) is 14.3. The lowest BCUT2D eigenvalue weighted by Gasteiger charge is -2.26. The molecule has 0 saturated carbocycles. The van der Waals surface area contributed by atoms with Crippen LogP contribution in [0, 0.1) is 0 Å². The molecule has 0 aliphatic rings. The third-order valence-corrected chi connectivity index (χ3v) is 4.23. The van der Waals surface area contributed by atoms with Crippen LogP contribution in [0.25, 0.3) is 0 Å². The molecule has 0 aromatic heterocycles. The molecule has 0 fully saturated rings. The molecule has 1 aromatic rings. The quantitative estimate of drug-likeness (QED) is 0.743. The fraction of sp³-hybridized carbons (Fsp3) is 0.467. The molecule has 2 N–H and O–H groups in total. The van der Waals surface area contributed by atoms with Crippen LogP contribution in [-0.4, -0.2) is 47.5 Å².